The van der Waals surface area contributed by atoms with Gasteiger partial charge in [-0.2, -0.15) is 10.2 Å². The van der Waals surface area contributed by atoms with Crippen LogP contribution >= 0.6 is 23.2 Å². The molecule has 156 valence electrons. The first kappa shape index (κ1) is 21.9. The summed E-state index contributed by atoms with van der Waals surface area (Å²) >= 11 is 12.2. The number of nitrogens with zero attached hydrogens (tertiary/aromatic N) is 2. The van der Waals surface area contributed by atoms with Crippen LogP contribution in [0.2, 0.25) is 10.0 Å². The molecule has 0 spiro atoms. The Hall–Kier alpha value is -2.80. The van der Waals surface area contributed by atoms with E-state index in [1.807, 2.05) is 24.3 Å². The number of aldehydes is 1. The Labute approximate surface area is 185 Å². The van der Waals surface area contributed by atoms with Crippen molar-refractivity contribution in [2.24, 2.45) is 10.9 Å². The van der Waals surface area contributed by atoms with Gasteiger partial charge in [0.15, 0.2) is 0 Å². The molecular weight excluding hydrogens is 425 g/mol. The van der Waals surface area contributed by atoms with Crippen LogP contribution in [0.1, 0.15) is 23.2 Å². The normalized spacial score (nSPS) is 14.0. The number of carbonyl (C=O) groups excluding carboxylic acids is 1. The molecule has 8 heteroatoms. The molecule has 3 rings (SSSR count). The quantitative estimate of drug-likeness (QED) is 0.248. The zero-order chi connectivity index (χ0) is 21.3. The van der Waals surface area contributed by atoms with Gasteiger partial charge in [-0.3, -0.25) is 4.79 Å². The number of hydrogen-bond donors (Lipinski definition) is 1. The van der Waals surface area contributed by atoms with Gasteiger partial charge in [0.05, 0.1) is 23.9 Å². The second kappa shape index (κ2) is 10.8. The fourth-order valence-corrected chi connectivity index (χ4v) is 3.10. The SMILES string of the molecule is NN(/N=C1/C=CC=CC1)c1cc(Cl)ccc1OCCCOc1ccc(C=O)cc1Cl. The average molecular weight is 446 g/mol. The summed E-state index contributed by atoms with van der Waals surface area (Å²) in [5, 5.41) is 6.60. The molecule has 0 saturated carbocycles. The molecule has 0 bridgehead atoms. The smallest absolute Gasteiger partial charge is 0.150 e. The lowest BCUT2D eigenvalue weighted by Gasteiger charge is -2.19. The van der Waals surface area contributed by atoms with Gasteiger partial charge in [0.25, 0.3) is 0 Å². The minimum Gasteiger partial charge on any atom is -0.492 e. The van der Waals surface area contributed by atoms with E-state index in [2.05, 4.69) is 5.10 Å². The monoisotopic (exact) mass is 445 g/mol. The summed E-state index contributed by atoms with van der Waals surface area (Å²) in [5.41, 5.74) is 1.89. The first-order valence-electron chi connectivity index (χ1n) is 9.32. The zero-order valence-electron chi connectivity index (χ0n) is 16.1. The van der Waals surface area contributed by atoms with E-state index in [9.17, 15) is 4.79 Å². The minimum absolute atomic E-state index is 0.394. The molecule has 1 aliphatic carbocycles. The van der Waals surface area contributed by atoms with Crippen LogP contribution in [0.3, 0.4) is 0 Å². The van der Waals surface area contributed by atoms with Crippen LogP contribution in [-0.2, 0) is 0 Å². The van der Waals surface area contributed by atoms with E-state index in [1.54, 1.807) is 36.4 Å². The predicted octanol–water partition coefficient (Wildman–Crippen LogP) is 5.21. The lowest BCUT2D eigenvalue weighted by molar-refractivity contribution is 0.112. The topological polar surface area (TPSA) is 77.2 Å². The number of anilines is 1. The first-order valence-corrected chi connectivity index (χ1v) is 10.1. The number of benzene rings is 2. The Kier molecular flexibility index (Phi) is 7.90. The Morgan fingerprint density at radius 3 is 2.53 bits per heavy atom. The van der Waals surface area contributed by atoms with Gasteiger partial charge in [0, 0.05) is 23.4 Å². The van der Waals surface area contributed by atoms with E-state index in [1.165, 1.54) is 5.12 Å². The van der Waals surface area contributed by atoms with Gasteiger partial charge in [-0.25, -0.2) is 5.84 Å². The molecule has 0 aromatic heterocycles. The molecule has 0 unspecified atom stereocenters. The van der Waals surface area contributed by atoms with Crippen molar-refractivity contribution < 1.29 is 14.3 Å². The summed E-state index contributed by atoms with van der Waals surface area (Å²) < 4.78 is 11.5. The molecule has 0 saturated heterocycles. The molecule has 1 aliphatic rings. The van der Waals surface area contributed by atoms with E-state index in [-0.39, 0.29) is 0 Å². The van der Waals surface area contributed by atoms with Crippen LogP contribution in [-0.4, -0.2) is 25.2 Å². The molecule has 2 aromatic rings. The maximum atomic E-state index is 10.8. The number of hydrogen-bond acceptors (Lipinski definition) is 6. The molecule has 0 heterocycles. The van der Waals surface area contributed by atoms with Crippen LogP contribution < -0.4 is 20.4 Å². The van der Waals surface area contributed by atoms with Gasteiger partial charge in [-0.05, 0) is 42.5 Å². The standard InChI is InChI=1S/C22H21Cl2N3O3/c23-17-8-10-22(20(14-17)27(25)26-18-5-2-1-3-6-18)30-12-4-11-29-21-9-7-16(15-28)13-19(21)24/h1-3,5,7-10,13-15H,4,6,11-12,25H2/b26-18-. The number of allylic oxidation sites excluding steroid dienone is 4. The number of hydrazine groups is 1. The number of hydrazone groups is 1. The lowest BCUT2D eigenvalue weighted by atomic mass is 10.2. The number of halogens is 2. The summed E-state index contributed by atoms with van der Waals surface area (Å²) in [6.45, 7) is 0.792. The van der Waals surface area contributed by atoms with Crippen molar-refractivity contribution in [1.82, 2.24) is 0 Å². The number of nitrogens with two attached hydrogens (primary N) is 1. The maximum absolute atomic E-state index is 10.8. The predicted molar refractivity (Wildman–Crippen MR) is 121 cm³/mol. The lowest BCUT2D eigenvalue weighted by Crippen LogP contribution is -2.27. The van der Waals surface area contributed by atoms with E-state index >= 15 is 0 Å². The van der Waals surface area contributed by atoms with Crippen molar-refractivity contribution in [3.63, 3.8) is 0 Å². The molecule has 6 nitrogen and oxygen atoms in total. The van der Waals surface area contributed by atoms with Crippen molar-refractivity contribution >= 4 is 40.9 Å². The molecule has 0 amide bonds. The molecule has 0 radical (unpaired) electrons. The summed E-state index contributed by atoms with van der Waals surface area (Å²) in [5.74, 6) is 7.21. The summed E-state index contributed by atoms with van der Waals surface area (Å²) in [6.07, 6.45) is 9.81. The number of ether oxygens (including phenoxy) is 2. The first-order chi connectivity index (χ1) is 14.6. The Morgan fingerprint density at radius 2 is 1.83 bits per heavy atom. The average Bonchev–Trinajstić information content (AvgIpc) is 2.76. The van der Waals surface area contributed by atoms with E-state index in [4.69, 9.17) is 38.5 Å². The van der Waals surface area contributed by atoms with Gasteiger partial charge in [0.1, 0.15) is 23.5 Å². The third-order valence-corrected chi connectivity index (χ3v) is 4.69. The molecular formula is C22H21Cl2N3O3. The van der Waals surface area contributed by atoms with Crippen LogP contribution in [0, 0.1) is 0 Å². The van der Waals surface area contributed by atoms with Crippen molar-refractivity contribution in [3.8, 4) is 11.5 Å². The van der Waals surface area contributed by atoms with Gasteiger partial charge in [-0.15, -0.1) is 0 Å². The van der Waals surface area contributed by atoms with Gasteiger partial charge in [0.2, 0.25) is 0 Å². The van der Waals surface area contributed by atoms with E-state index in [0.717, 1.165) is 12.0 Å². The summed E-state index contributed by atoms with van der Waals surface area (Å²) in [4.78, 5) is 10.8. The van der Waals surface area contributed by atoms with Crippen molar-refractivity contribution in [1.29, 1.82) is 0 Å². The highest BCUT2D eigenvalue weighted by atomic mass is 35.5. The zero-order valence-corrected chi connectivity index (χ0v) is 17.6. The number of carbonyl (C=O) groups is 1. The Bertz CT molecular complexity index is 990. The van der Waals surface area contributed by atoms with Gasteiger partial charge in [-0.1, -0.05) is 41.4 Å². The second-order valence-corrected chi connectivity index (χ2v) is 7.24. The highest BCUT2D eigenvalue weighted by Gasteiger charge is 2.11. The van der Waals surface area contributed by atoms with Crippen molar-refractivity contribution in [2.75, 3.05) is 18.3 Å². The summed E-state index contributed by atoms with van der Waals surface area (Å²) in [6, 6.07) is 10.1. The van der Waals surface area contributed by atoms with Crippen LogP contribution in [0.4, 0.5) is 5.69 Å². The second-order valence-electron chi connectivity index (χ2n) is 6.40. The molecule has 2 N–H and O–H groups in total. The van der Waals surface area contributed by atoms with E-state index < -0.39 is 0 Å². The van der Waals surface area contributed by atoms with Gasteiger partial charge < -0.3 is 9.47 Å². The molecule has 0 aliphatic heterocycles. The largest absolute Gasteiger partial charge is 0.492 e. The molecule has 2 aromatic carbocycles. The van der Waals surface area contributed by atoms with E-state index in [0.29, 0.717) is 58.9 Å². The van der Waals surface area contributed by atoms with Crippen molar-refractivity contribution in [2.45, 2.75) is 12.8 Å². The van der Waals surface area contributed by atoms with Crippen LogP contribution in [0.25, 0.3) is 0 Å². The molecule has 0 atom stereocenters. The maximum Gasteiger partial charge on any atom is 0.150 e. The Morgan fingerprint density at radius 1 is 1.07 bits per heavy atom. The molecule has 0 fully saturated rings. The fraction of sp³-hybridized carbons (Fsp3) is 0.182. The van der Waals surface area contributed by atoms with Crippen molar-refractivity contribution in [3.05, 3.63) is 76.3 Å². The highest BCUT2D eigenvalue weighted by molar-refractivity contribution is 6.32. The fourth-order valence-electron chi connectivity index (χ4n) is 2.69. The molecule has 30 heavy (non-hydrogen) atoms. The van der Waals surface area contributed by atoms with Crippen LogP contribution in [0.15, 0.2) is 65.8 Å². The summed E-state index contributed by atoms with van der Waals surface area (Å²) in [7, 11) is 0. The van der Waals surface area contributed by atoms with Gasteiger partial charge >= 0.3 is 0 Å². The number of rotatable bonds is 9. The minimum atomic E-state index is 0.394. The Balaban J connectivity index is 1.56. The third kappa shape index (κ3) is 6.10. The highest BCUT2D eigenvalue weighted by Crippen LogP contribution is 2.31. The third-order valence-electron chi connectivity index (χ3n) is 4.16. The van der Waals surface area contributed by atoms with Crippen LogP contribution in [0.5, 0.6) is 11.5 Å².